The highest BCUT2D eigenvalue weighted by molar-refractivity contribution is 5.11. The van der Waals surface area contributed by atoms with Gasteiger partial charge in [-0.15, -0.1) is 0 Å². The van der Waals surface area contributed by atoms with Crippen molar-refractivity contribution in [1.29, 1.82) is 0 Å². The molecule has 0 aromatic carbocycles. The molecule has 1 saturated carbocycles. The quantitative estimate of drug-likeness (QED) is 0.547. The highest BCUT2D eigenvalue weighted by Crippen LogP contribution is 2.26. The highest BCUT2D eigenvalue weighted by atomic mass is 16.5. The first-order valence-corrected chi connectivity index (χ1v) is 4.01. The molecule has 1 heterocycles. The Bertz CT molecular complexity index is 153. The van der Waals surface area contributed by atoms with Crippen LogP contribution in [0.5, 0.6) is 0 Å². The number of hydrogen-bond donors (Lipinski definition) is 1. The smallest absolute Gasteiger partial charge is 0.116 e. The lowest BCUT2D eigenvalue weighted by Gasteiger charge is -2.29. The molecular weight excluding hydrogens is 126 g/mol. The Hall–Kier alpha value is -0.500. The van der Waals surface area contributed by atoms with E-state index >= 15 is 0 Å². The minimum Gasteiger partial charge on any atom is -0.369 e. The Labute approximate surface area is 61.3 Å². The second-order valence-electron chi connectivity index (χ2n) is 2.97. The van der Waals surface area contributed by atoms with Crippen molar-refractivity contribution in [3.8, 4) is 0 Å². The van der Waals surface area contributed by atoms with Crippen LogP contribution >= 0.6 is 0 Å². The van der Waals surface area contributed by atoms with Gasteiger partial charge in [0, 0.05) is 6.20 Å². The third kappa shape index (κ3) is 1.03. The predicted molar refractivity (Wildman–Crippen MR) is 39.4 cm³/mol. The molecule has 0 saturated heterocycles. The van der Waals surface area contributed by atoms with Gasteiger partial charge in [-0.05, 0) is 24.8 Å². The van der Waals surface area contributed by atoms with E-state index in [0.29, 0.717) is 12.8 Å². The molecule has 1 fully saturated rings. The molecular formula is C8H13NO. The third-order valence-electron chi connectivity index (χ3n) is 2.25. The van der Waals surface area contributed by atoms with Crippen LogP contribution in [0.1, 0.15) is 25.7 Å². The molecule has 2 rings (SSSR count). The summed E-state index contributed by atoms with van der Waals surface area (Å²) in [5.41, 5.74) is 1.47. The van der Waals surface area contributed by atoms with Crippen LogP contribution in [0.4, 0.5) is 0 Å². The molecule has 2 nitrogen and oxygen atoms in total. The summed E-state index contributed by atoms with van der Waals surface area (Å²) < 4.78 is 5.50. The van der Waals surface area contributed by atoms with Gasteiger partial charge in [0.2, 0.25) is 0 Å². The first-order valence-electron chi connectivity index (χ1n) is 4.01. The van der Waals surface area contributed by atoms with E-state index in [1.165, 1.54) is 31.3 Å². The maximum atomic E-state index is 5.50. The molecule has 0 radical (unpaired) electrons. The van der Waals surface area contributed by atoms with Gasteiger partial charge in [-0.2, -0.15) is 0 Å². The second-order valence-corrected chi connectivity index (χ2v) is 2.97. The second kappa shape index (κ2) is 2.62. The monoisotopic (exact) mass is 139 g/mol. The van der Waals surface area contributed by atoms with Crippen LogP contribution in [0, 0.1) is 0 Å². The first kappa shape index (κ1) is 6.23. The average Bonchev–Trinajstić information content (AvgIpc) is 2.05. The minimum absolute atomic E-state index is 0.454. The SMILES string of the molecule is C1=C2CCCCC2OCN1. The fraction of sp³-hybridized carbons (Fsp3) is 0.750. The largest absolute Gasteiger partial charge is 0.369 e. The standard InChI is InChI=1S/C8H13NO/c1-2-4-8-7(3-1)5-9-6-10-8/h5,8-9H,1-4,6H2. The zero-order valence-corrected chi connectivity index (χ0v) is 6.10. The number of hydrogen-bond acceptors (Lipinski definition) is 2. The molecule has 1 N–H and O–H groups in total. The molecule has 1 unspecified atom stereocenters. The van der Waals surface area contributed by atoms with E-state index in [-0.39, 0.29) is 0 Å². The molecule has 10 heavy (non-hydrogen) atoms. The Kier molecular flexibility index (Phi) is 1.63. The van der Waals surface area contributed by atoms with Crippen molar-refractivity contribution in [3.63, 3.8) is 0 Å². The first-order chi connectivity index (χ1) is 4.97. The summed E-state index contributed by atoms with van der Waals surface area (Å²) in [7, 11) is 0. The van der Waals surface area contributed by atoms with Gasteiger partial charge in [0.05, 0.1) is 6.10 Å². The van der Waals surface area contributed by atoms with Crippen LogP contribution in [-0.4, -0.2) is 12.8 Å². The summed E-state index contributed by atoms with van der Waals surface area (Å²) in [6, 6.07) is 0. The van der Waals surface area contributed by atoms with Crippen molar-refractivity contribution in [1.82, 2.24) is 5.32 Å². The Balaban J connectivity index is 2.08. The number of fused-ring (bicyclic) bond motifs is 1. The van der Waals surface area contributed by atoms with Crippen LogP contribution in [0.25, 0.3) is 0 Å². The molecule has 1 aliphatic heterocycles. The fourth-order valence-corrected chi connectivity index (χ4v) is 1.68. The van der Waals surface area contributed by atoms with Crippen LogP contribution in [0.15, 0.2) is 11.8 Å². The van der Waals surface area contributed by atoms with E-state index in [1.54, 1.807) is 0 Å². The van der Waals surface area contributed by atoms with Crippen molar-refractivity contribution < 1.29 is 4.74 Å². The van der Waals surface area contributed by atoms with E-state index in [4.69, 9.17) is 4.74 Å². The molecule has 1 aliphatic carbocycles. The highest BCUT2D eigenvalue weighted by Gasteiger charge is 2.20. The molecule has 2 heteroatoms. The van der Waals surface area contributed by atoms with Crippen molar-refractivity contribution in [2.24, 2.45) is 0 Å². The zero-order valence-electron chi connectivity index (χ0n) is 6.10. The Morgan fingerprint density at radius 3 is 3.40 bits per heavy atom. The molecule has 56 valence electrons. The Morgan fingerprint density at radius 1 is 1.50 bits per heavy atom. The third-order valence-corrected chi connectivity index (χ3v) is 2.25. The summed E-state index contributed by atoms with van der Waals surface area (Å²) in [6.45, 7) is 0.703. The van der Waals surface area contributed by atoms with Gasteiger partial charge in [-0.25, -0.2) is 0 Å². The van der Waals surface area contributed by atoms with Gasteiger partial charge in [0.15, 0.2) is 0 Å². The summed E-state index contributed by atoms with van der Waals surface area (Å²) in [6.07, 6.45) is 7.73. The van der Waals surface area contributed by atoms with Crippen LogP contribution in [0.3, 0.4) is 0 Å². The summed E-state index contributed by atoms with van der Waals surface area (Å²) in [4.78, 5) is 0. The van der Waals surface area contributed by atoms with Crippen molar-refractivity contribution in [2.75, 3.05) is 6.73 Å². The van der Waals surface area contributed by atoms with E-state index in [9.17, 15) is 0 Å². The lowest BCUT2D eigenvalue weighted by atomic mass is 9.92. The molecule has 0 bridgehead atoms. The maximum absolute atomic E-state index is 5.50. The number of nitrogens with one attached hydrogen (secondary N) is 1. The number of ether oxygens (including phenoxy) is 1. The minimum atomic E-state index is 0.454. The molecule has 0 aromatic rings. The summed E-state index contributed by atoms with van der Waals surface area (Å²) in [5.74, 6) is 0. The Morgan fingerprint density at radius 2 is 2.50 bits per heavy atom. The van der Waals surface area contributed by atoms with Crippen LogP contribution in [-0.2, 0) is 4.74 Å². The topological polar surface area (TPSA) is 21.3 Å². The normalized spacial score (nSPS) is 32.0. The van der Waals surface area contributed by atoms with E-state index in [2.05, 4.69) is 11.5 Å². The van der Waals surface area contributed by atoms with Gasteiger partial charge in [-0.1, -0.05) is 6.42 Å². The zero-order chi connectivity index (χ0) is 6.81. The summed E-state index contributed by atoms with van der Waals surface area (Å²) in [5, 5.41) is 3.10. The van der Waals surface area contributed by atoms with Crippen LogP contribution < -0.4 is 5.32 Å². The molecule has 0 amide bonds. The van der Waals surface area contributed by atoms with Crippen molar-refractivity contribution in [2.45, 2.75) is 31.8 Å². The van der Waals surface area contributed by atoms with E-state index in [1.807, 2.05) is 0 Å². The number of rotatable bonds is 0. The van der Waals surface area contributed by atoms with E-state index in [0.717, 1.165) is 0 Å². The van der Waals surface area contributed by atoms with Gasteiger partial charge in [0.1, 0.15) is 6.73 Å². The van der Waals surface area contributed by atoms with Gasteiger partial charge in [-0.3, -0.25) is 0 Å². The predicted octanol–water partition coefficient (Wildman–Crippen LogP) is 1.39. The van der Waals surface area contributed by atoms with E-state index < -0.39 is 0 Å². The lowest BCUT2D eigenvalue weighted by Crippen LogP contribution is -2.30. The fourth-order valence-electron chi connectivity index (χ4n) is 1.68. The molecule has 2 aliphatic rings. The lowest BCUT2D eigenvalue weighted by molar-refractivity contribution is 0.0416. The molecule has 0 aromatic heterocycles. The van der Waals surface area contributed by atoms with Gasteiger partial charge >= 0.3 is 0 Å². The van der Waals surface area contributed by atoms with Crippen molar-refractivity contribution in [3.05, 3.63) is 11.8 Å². The summed E-state index contributed by atoms with van der Waals surface area (Å²) >= 11 is 0. The molecule has 1 atom stereocenters. The maximum Gasteiger partial charge on any atom is 0.116 e. The van der Waals surface area contributed by atoms with Crippen LogP contribution in [0.2, 0.25) is 0 Å². The van der Waals surface area contributed by atoms with Gasteiger partial charge in [0.25, 0.3) is 0 Å². The van der Waals surface area contributed by atoms with Crippen molar-refractivity contribution >= 4 is 0 Å². The molecule has 0 spiro atoms. The van der Waals surface area contributed by atoms with Gasteiger partial charge < -0.3 is 10.1 Å². The average molecular weight is 139 g/mol.